The van der Waals surface area contributed by atoms with Gasteiger partial charge in [0.05, 0.1) is 47.6 Å². The van der Waals surface area contributed by atoms with Crippen molar-refractivity contribution >= 4 is 67.9 Å². The lowest BCUT2D eigenvalue weighted by Crippen LogP contribution is -2.34. The third-order valence-corrected chi connectivity index (χ3v) is 11.8. The van der Waals surface area contributed by atoms with Crippen molar-refractivity contribution in [1.82, 2.24) is 34.4 Å². The van der Waals surface area contributed by atoms with Crippen molar-refractivity contribution in [1.29, 1.82) is 0 Å². The number of aromatic nitrogens is 6. The van der Waals surface area contributed by atoms with Crippen LogP contribution in [0.1, 0.15) is 49.7 Å². The molecule has 1 fully saturated rings. The first-order valence-corrected chi connectivity index (χ1v) is 21.7. The number of fused-ring (bicyclic) bond motifs is 2. The number of carbonyl (C=O) groups excluding carboxylic acids is 4. The Balaban J connectivity index is 0.000000152. The Hall–Kier alpha value is -6.56. The Morgan fingerprint density at radius 2 is 1.10 bits per heavy atom. The number of benzene rings is 4. The summed E-state index contributed by atoms with van der Waals surface area (Å²) < 4.78 is 3.32. The summed E-state index contributed by atoms with van der Waals surface area (Å²) in [7, 11) is 0. The van der Waals surface area contributed by atoms with E-state index < -0.39 is 0 Å². The van der Waals surface area contributed by atoms with E-state index in [0.29, 0.717) is 27.8 Å². The number of likely N-dealkylation sites (tertiary alicyclic amines) is 1. The number of para-hydroxylation sites is 2. The fraction of sp³-hybridized carbons (Fsp3) is 0.217. The maximum atomic E-state index is 12.9. The quantitative estimate of drug-likeness (QED) is 0.0823. The van der Waals surface area contributed by atoms with Crippen LogP contribution in [0, 0.1) is 5.92 Å². The van der Waals surface area contributed by atoms with Crippen LogP contribution >= 0.6 is 22.7 Å². The summed E-state index contributed by atoms with van der Waals surface area (Å²) in [6.45, 7) is -0.222. The van der Waals surface area contributed by atoms with Crippen LogP contribution in [0.3, 0.4) is 0 Å². The maximum absolute atomic E-state index is 12.9. The predicted octanol–water partition coefficient (Wildman–Crippen LogP) is 6.27. The number of nitrogens with zero attached hydrogens (tertiary/aromatic N) is 7. The molecule has 1 saturated heterocycles. The standard InChI is InChI=1S/C21H19N3O2S.C16H12N4O3S.C9H13NO/c25-13-16(10-15-6-2-1-3-7-15)11-19(26)20-21(22-14-27-20)24-18-9-5-4-8-17(18)12-23-24;21-12(8-19-13(22)5-6-14(19)23)15-16(17-9-24-15)20-11-4-2-1-3-10(11)7-18-20;10-9(7-11)6-8-4-2-1-3-5-8/h1-9,12,14,16,25H,10-11,13H2;1-4,7,9H,5-6,8H2;1-5,9,11H,6-7,10H2/t16-;;9-/m1.0/s1. The predicted molar refractivity (Wildman–Crippen MR) is 239 cm³/mol. The minimum Gasteiger partial charge on any atom is -0.396 e. The molecule has 2 atom stereocenters. The second-order valence-corrected chi connectivity index (χ2v) is 16.2. The highest BCUT2D eigenvalue weighted by Crippen LogP contribution is 2.27. The Morgan fingerprint density at radius 3 is 1.60 bits per heavy atom. The number of aliphatic hydroxyl groups excluding tert-OH is 2. The van der Waals surface area contributed by atoms with Crippen molar-refractivity contribution in [3.63, 3.8) is 0 Å². The molecule has 8 aromatic rings. The molecule has 5 heterocycles. The van der Waals surface area contributed by atoms with Gasteiger partial charge in [0.15, 0.2) is 23.2 Å². The summed E-state index contributed by atoms with van der Waals surface area (Å²) in [6.07, 6.45) is 5.52. The Morgan fingerprint density at radius 1 is 0.629 bits per heavy atom. The van der Waals surface area contributed by atoms with Gasteiger partial charge >= 0.3 is 0 Å². The van der Waals surface area contributed by atoms with E-state index in [0.717, 1.165) is 38.7 Å². The third-order valence-electron chi connectivity index (χ3n) is 10.1. The zero-order valence-corrected chi connectivity index (χ0v) is 35.2. The number of rotatable bonds is 14. The normalized spacial score (nSPS) is 13.4. The Bertz CT molecular complexity index is 2750. The van der Waals surface area contributed by atoms with Crippen LogP contribution in [0.25, 0.3) is 33.4 Å². The summed E-state index contributed by atoms with van der Waals surface area (Å²) in [6, 6.07) is 35.2. The number of thiazole rings is 2. The van der Waals surface area contributed by atoms with E-state index in [1.165, 1.54) is 28.2 Å². The summed E-state index contributed by atoms with van der Waals surface area (Å²) in [5, 5.41) is 29.1. The van der Waals surface area contributed by atoms with Crippen molar-refractivity contribution in [2.24, 2.45) is 11.7 Å². The van der Waals surface area contributed by atoms with E-state index in [2.05, 4.69) is 20.2 Å². The largest absolute Gasteiger partial charge is 0.396 e. The highest BCUT2D eigenvalue weighted by molar-refractivity contribution is 7.12. The van der Waals surface area contributed by atoms with E-state index in [9.17, 15) is 24.3 Å². The molecule has 0 saturated carbocycles. The zero-order chi connectivity index (χ0) is 43.4. The fourth-order valence-corrected chi connectivity index (χ4v) is 8.36. The second-order valence-electron chi connectivity index (χ2n) is 14.5. The van der Waals surface area contributed by atoms with Gasteiger partial charge < -0.3 is 15.9 Å². The summed E-state index contributed by atoms with van der Waals surface area (Å²) in [4.78, 5) is 59.5. The molecule has 14 nitrogen and oxygen atoms in total. The highest BCUT2D eigenvalue weighted by Gasteiger charge is 2.32. The van der Waals surface area contributed by atoms with E-state index in [4.69, 9.17) is 10.8 Å². The van der Waals surface area contributed by atoms with Crippen molar-refractivity contribution in [3.8, 4) is 11.6 Å². The number of amides is 2. The van der Waals surface area contributed by atoms with Crippen LogP contribution in [0.15, 0.2) is 133 Å². The number of aliphatic hydroxyl groups is 2. The van der Waals surface area contributed by atoms with Crippen molar-refractivity contribution in [2.45, 2.75) is 38.1 Å². The molecule has 4 aromatic carbocycles. The molecule has 9 rings (SSSR count). The average molecular weight is 869 g/mol. The number of Topliss-reactive ketones (excluding diaryl/α,β-unsaturated/α-hetero) is 2. The van der Waals surface area contributed by atoms with E-state index >= 15 is 0 Å². The molecule has 316 valence electrons. The van der Waals surface area contributed by atoms with Crippen LogP contribution in [0.2, 0.25) is 0 Å². The minimum absolute atomic E-state index is 0.0120. The molecule has 0 radical (unpaired) electrons. The van der Waals surface area contributed by atoms with Gasteiger partial charge in [-0.1, -0.05) is 97.1 Å². The van der Waals surface area contributed by atoms with Gasteiger partial charge in [0.2, 0.25) is 11.8 Å². The lowest BCUT2D eigenvalue weighted by molar-refractivity contribution is -0.137. The molecule has 0 aliphatic carbocycles. The number of hydrogen-bond donors (Lipinski definition) is 3. The maximum Gasteiger partial charge on any atom is 0.230 e. The topological polar surface area (TPSA) is 199 Å². The van der Waals surface area contributed by atoms with Crippen LogP contribution in [0.5, 0.6) is 0 Å². The highest BCUT2D eigenvalue weighted by atomic mass is 32.1. The number of imide groups is 1. The number of carbonyl (C=O) groups is 4. The smallest absolute Gasteiger partial charge is 0.230 e. The van der Waals surface area contributed by atoms with Crippen LogP contribution in [-0.2, 0) is 22.4 Å². The molecular formula is C46H44N8O6S2. The lowest BCUT2D eigenvalue weighted by atomic mass is 9.94. The first-order chi connectivity index (χ1) is 30.2. The monoisotopic (exact) mass is 868 g/mol. The van der Waals surface area contributed by atoms with Gasteiger partial charge in [0.1, 0.15) is 9.75 Å². The summed E-state index contributed by atoms with van der Waals surface area (Å²) >= 11 is 2.50. The molecule has 16 heteroatoms. The Kier molecular flexibility index (Phi) is 14.6. The molecule has 0 spiro atoms. The molecule has 4 aromatic heterocycles. The third kappa shape index (κ3) is 10.5. The first-order valence-electron chi connectivity index (χ1n) is 19.9. The van der Waals surface area contributed by atoms with Gasteiger partial charge in [-0.3, -0.25) is 24.1 Å². The minimum atomic E-state index is -0.310. The molecule has 1 aliphatic heterocycles. The van der Waals surface area contributed by atoms with Crippen molar-refractivity contribution < 1.29 is 29.4 Å². The van der Waals surface area contributed by atoms with E-state index in [1.54, 1.807) is 32.8 Å². The SMILES string of the molecule is N[C@H](CO)Cc1ccccc1.O=C(CN1C(=O)CCC1=O)c1scnc1-n1ncc2ccccc21.O=C(C[C@H](CO)Cc1ccccc1)c1scnc1-n1ncc2ccccc21. The van der Waals surface area contributed by atoms with Gasteiger partial charge in [0, 0.05) is 42.7 Å². The Labute approximate surface area is 364 Å². The van der Waals surface area contributed by atoms with Gasteiger partial charge in [-0.15, -0.1) is 22.7 Å². The van der Waals surface area contributed by atoms with Gasteiger partial charge in [-0.05, 0) is 42.0 Å². The van der Waals surface area contributed by atoms with E-state index in [-0.39, 0.29) is 74.4 Å². The average Bonchev–Trinajstić information content (AvgIpc) is 4.16. The lowest BCUT2D eigenvalue weighted by Gasteiger charge is -2.13. The molecular weight excluding hydrogens is 825 g/mol. The van der Waals surface area contributed by atoms with Gasteiger partial charge in [-0.2, -0.15) is 10.2 Å². The zero-order valence-electron chi connectivity index (χ0n) is 33.6. The fourth-order valence-electron chi connectivity index (χ4n) is 6.94. The van der Waals surface area contributed by atoms with Crippen LogP contribution < -0.4 is 5.73 Å². The molecule has 2 amide bonds. The van der Waals surface area contributed by atoms with Crippen molar-refractivity contribution in [3.05, 3.63) is 153 Å². The molecule has 1 aliphatic rings. The summed E-state index contributed by atoms with van der Waals surface area (Å²) in [5.74, 6) is -0.0669. The van der Waals surface area contributed by atoms with Gasteiger partial charge in [0.25, 0.3) is 0 Å². The van der Waals surface area contributed by atoms with Crippen molar-refractivity contribution in [2.75, 3.05) is 19.8 Å². The number of hydrogen-bond acceptors (Lipinski definition) is 13. The summed E-state index contributed by atoms with van der Waals surface area (Å²) in [5.41, 5.74) is 12.8. The van der Waals surface area contributed by atoms with Gasteiger partial charge in [-0.25, -0.2) is 19.3 Å². The molecule has 4 N–H and O–H groups in total. The van der Waals surface area contributed by atoms with Crippen LogP contribution in [0.4, 0.5) is 0 Å². The first kappa shape index (κ1) is 43.5. The number of ketones is 2. The molecule has 0 bridgehead atoms. The number of nitrogens with two attached hydrogens (primary N) is 1. The molecule has 0 unspecified atom stereocenters. The van der Waals surface area contributed by atoms with E-state index in [1.807, 2.05) is 109 Å². The second kappa shape index (κ2) is 20.8. The van der Waals surface area contributed by atoms with Crippen LogP contribution in [-0.4, -0.2) is 93.8 Å². The molecule has 62 heavy (non-hydrogen) atoms.